The second-order valence-corrected chi connectivity index (χ2v) is 6.06. The number of halogens is 3. The van der Waals surface area contributed by atoms with Crippen molar-refractivity contribution in [2.24, 2.45) is 0 Å². The van der Waals surface area contributed by atoms with Gasteiger partial charge in [0.25, 0.3) is 5.91 Å². The molecule has 1 aliphatic rings. The Labute approximate surface area is 156 Å². The summed E-state index contributed by atoms with van der Waals surface area (Å²) in [6.45, 7) is 0.0887. The number of ether oxygens (including phenoxy) is 1. The number of rotatable bonds is 2. The van der Waals surface area contributed by atoms with Crippen LogP contribution in [0.15, 0.2) is 48.8 Å². The van der Waals surface area contributed by atoms with E-state index in [9.17, 15) is 18.0 Å². The van der Waals surface area contributed by atoms with Gasteiger partial charge in [-0.3, -0.25) is 9.48 Å². The Kier molecular flexibility index (Phi) is 4.04. The molecule has 1 amide bonds. The highest BCUT2D eigenvalue weighted by molar-refractivity contribution is 6.08. The normalized spacial score (nSPS) is 12.9. The largest absolute Gasteiger partial charge is 0.454 e. The zero-order valence-corrected chi connectivity index (χ0v) is 14.1. The molecular formula is C19H11F3N4O2. The highest BCUT2D eigenvalue weighted by atomic mass is 19.4. The Hall–Kier alpha value is -3.80. The van der Waals surface area contributed by atoms with Crippen LogP contribution in [0.5, 0.6) is 11.5 Å². The molecule has 0 spiro atoms. The molecule has 9 heteroatoms. The average molecular weight is 384 g/mol. The molecule has 2 aromatic carbocycles. The fraction of sp³-hybridized carbons (Fsp3) is 0.105. The number of nitrogens with zero attached hydrogens (tertiary/aromatic N) is 3. The third-order valence-electron chi connectivity index (χ3n) is 4.20. The van der Waals surface area contributed by atoms with Crippen LogP contribution in [0.25, 0.3) is 11.1 Å². The number of carbonyl (C=O) groups is 1. The van der Waals surface area contributed by atoms with Crippen molar-refractivity contribution in [3.63, 3.8) is 0 Å². The maximum atomic E-state index is 12.9. The number of nitriles is 1. The van der Waals surface area contributed by atoms with Crippen molar-refractivity contribution in [2.75, 3.05) is 5.32 Å². The first-order chi connectivity index (χ1) is 13.3. The van der Waals surface area contributed by atoms with E-state index in [4.69, 9.17) is 10.00 Å². The summed E-state index contributed by atoms with van der Waals surface area (Å²) in [4.78, 5) is 12.6. The summed E-state index contributed by atoms with van der Waals surface area (Å²) < 4.78 is 45.9. The molecule has 0 radical (unpaired) electrons. The standard InChI is InChI=1S/C19H11F3N4O2/c20-19(21,22)13-2-4-17-15(8-13)25-18(27)14-7-11(1-3-16(14)28-17)12-9-24-26(10-12)6-5-23/h1-4,7-10H,6H2,(H,25,27). The van der Waals surface area contributed by atoms with E-state index in [-0.39, 0.29) is 29.3 Å². The van der Waals surface area contributed by atoms with Crippen molar-refractivity contribution >= 4 is 11.6 Å². The Morgan fingerprint density at radius 2 is 1.93 bits per heavy atom. The molecule has 0 saturated carbocycles. The maximum Gasteiger partial charge on any atom is 0.416 e. The smallest absolute Gasteiger partial charge is 0.416 e. The van der Waals surface area contributed by atoms with E-state index >= 15 is 0 Å². The van der Waals surface area contributed by atoms with Gasteiger partial charge in [-0.15, -0.1) is 0 Å². The molecule has 0 saturated heterocycles. The van der Waals surface area contributed by atoms with E-state index < -0.39 is 17.6 Å². The zero-order chi connectivity index (χ0) is 19.9. The molecule has 1 N–H and O–H groups in total. The summed E-state index contributed by atoms with van der Waals surface area (Å²) in [5.74, 6) is -0.238. The van der Waals surface area contributed by atoms with Crippen LogP contribution in [0.1, 0.15) is 15.9 Å². The van der Waals surface area contributed by atoms with Gasteiger partial charge in [-0.2, -0.15) is 23.5 Å². The Morgan fingerprint density at radius 3 is 2.68 bits per heavy atom. The van der Waals surface area contributed by atoms with Gasteiger partial charge in [0.2, 0.25) is 0 Å². The minimum Gasteiger partial charge on any atom is -0.454 e. The van der Waals surface area contributed by atoms with Crippen LogP contribution in [0.3, 0.4) is 0 Å². The molecule has 1 aromatic heterocycles. The number of fused-ring (bicyclic) bond motifs is 2. The lowest BCUT2D eigenvalue weighted by atomic mass is 10.0. The number of hydrogen-bond donors (Lipinski definition) is 1. The van der Waals surface area contributed by atoms with Gasteiger partial charge in [0, 0.05) is 11.8 Å². The molecule has 0 bridgehead atoms. The summed E-state index contributed by atoms with van der Waals surface area (Å²) >= 11 is 0. The van der Waals surface area contributed by atoms with Crippen molar-refractivity contribution in [1.82, 2.24) is 9.78 Å². The first-order valence-electron chi connectivity index (χ1n) is 8.09. The average Bonchev–Trinajstić information content (AvgIpc) is 3.06. The molecule has 6 nitrogen and oxygen atoms in total. The second-order valence-electron chi connectivity index (χ2n) is 6.06. The third-order valence-corrected chi connectivity index (χ3v) is 4.20. The van der Waals surface area contributed by atoms with Crippen molar-refractivity contribution in [2.45, 2.75) is 12.7 Å². The Morgan fingerprint density at radius 1 is 1.14 bits per heavy atom. The highest BCUT2D eigenvalue weighted by Gasteiger charge is 2.32. The number of carbonyl (C=O) groups excluding carboxylic acids is 1. The molecule has 3 aromatic rings. The highest BCUT2D eigenvalue weighted by Crippen LogP contribution is 2.40. The first-order valence-corrected chi connectivity index (χ1v) is 8.09. The number of anilines is 1. The molecule has 0 fully saturated rings. The summed E-state index contributed by atoms with van der Waals surface area (Å²) in [5.41, 5.74) is 0.581. The van der Waals surface area contributed by atoms with Crippen LogP contribution < -0.4 is 10.1 Å². The molecular weight excluding hydrogens is 373 g/mol. The van der Waals surface area contributed by atoms with Crippen molar-refractivity contribution in [3.8, 4) is 28.7 Å². The minimum atomic E-state index is -4.53. The lowest BCUT2D eigenvalue weighted by Crippen LogP contribution is -2.12. The van der Waals surface area contributed by atoms with Crippen LogP contribution in [0.4, 0.5) is 18.9 Å². The summed E-state index contributed by atoms with van der Waals surface area (Å²) in [7, 11) is 0. The van der Waals surface area contributed by atoms with Crippen molar-refractivity contribution in [1.29, 1.82) is 5.26 Å². The van der Waals surface area contributed by atoms with Gasteiger partial charge in [-0.05, 0) is 35.9 Å². The molecule has 28 heavy (non-hydrogen) atoms. The van der Waals surface area contributed by atoms with E-state index in [1.165, 1.54) is 10.7 Å². The lowest BCUT2D eigenvalue weighted by molar-refractivity contribution is -0.137. The predicted octanol–water partition coefficient (Wildman–Crippen LogP) is 4.45. The fourth-order valence-electron chi connectivity index (χ4n) is 2.85. The Bertz CT molecular complexity index is 1130. The summed E-state index contributed by atoms with van der Waals surface area (Å²) in [6.07, 6.45) is -1.32. The third kappa shape index (κ3) is 3.16. The van der Waals surface area contributed by atoms with Gasteiger partial charge in [0.05, 0.1) is 29.1 Å². The number of hydrogen-bond acceptors (Lipinski definition) is 4. The van der Waals surface area contributed by atoms with E-state index in [1.807, 2.05) is 6.07 Å². The van der Waals surface area contributed by atoms with Crippen LogP contribution in [-0.4, -0.2) is 15.7 Å². The second kappa shape index (κ2) is 6.42. The van der Waals surface area contributed by atoms with E-state index in [2.05, 4.69) is 10.4 Å². The first kappa shape index (κ1) is 17.6. The predicted molar refractivity (Wildman–Crippen MR) is 92.7 cm³/mol. The van der Waals surface area contributed by atoms with Crippen molar-refractivity contribution < 1.29 is 22.7 Å². The van der Waals surface area contributed by atoms with E-state index in [1.54, 1.807) is 30.6 Å². The quantitative estimate of drug-likeness (QED) is 0.708. The van der Waals surface area contributed by atoms with Crippen LogP contribution >= 0.6 is 0 Å². The SMILES string of the molecule is N#CCn1cc(-c2ccc3c(c2)C(=O)Nc2cc(C(F)(F)F)ccc2O3)cn1. The zero-order valence-electron chi connectivity index (χ0n) is 14.1. The number of aromatic nitrogens is 2. The molecule has 140 valence electrons. The molecule has 1 aliphatic heterocycles. The van der Waals surface area contributed by atoms with E-state index in [0.29, 0.717) is 11.1 Å². The monoisotopic (exact) mass is 384 g/mol. The minimum absolute atomic E-state index is 0.0561. The van der Waals surface area contributed by atoms with Gasteiger partial charge in [0.15, 0.2) is 5.75 Å². The molecule has 0 aliphatic carbocycles. The summed E-state index contributed by atoms with van der Waals surface area (Å²) in [5, 5.41) is 15.2. The van der Waals surface area contributed by atoms with Gasteiger partial charge >= 0.3 is 6.18 Å². The number of alkyl halides is 3. The van der Waals surface area contributed by atoms with Gasteiger partial charge in [0.1, 0.15) is 12.3 Å². The topological polar surface area (TPSA) is 79.9 Å². The van der Waals surface area contributed by atoms with Crippen LogP contribution in [0, 0.1) is 11.3 Å². The summed E-state index contributed by atoms with van der Waals surface area (Å²) in [6, 6.07) is 9.72. The van der Waals surface area contributed by atoms with Crippen LogP contribution in [-0.2, 0) is 12.7 Å². The molecule has 2 heterocycles. The number of amides is 1. The van der Waals surface area contributed by atoms with E-state index in [0.717, 1.165) is 12.1 Å². The van der Waals surface area contributed by atoms with Gasteiger partial charge < -0.3 is 10.1 Å². The number of benzene rings is 2. The lowest BCUT2D eigenvalue weighted by Gasteiger charge is -2.11. The number of nitrogens with one attached hydrogen (secondary N) is 1. The van der Waals surface area contributed by atoms with Crippen LogP contribution in [0.2, 0.25) is 0 Å². The Balaban J connectivity index is 1.71. The van der Waals surface area contributed by atoms with Gasteiger partial charge in [-0.1, -0.05) is 6.07 Å². The fourth-order valence-corrected chi connectivity index (χ4v) is 2.85. The maximum absolute atomic E-state index is 12.9. The van der Waals surface area contributed by atoms with Gasteiger partial charge in [-0.25, -0.2) is 0 Å². The molecule has 0 unspecified atom stereocenters. The molecule has 4 rings (SSSR count). The molecule has 0 atom stereocenters. The van der Waals surface area contributed by atoms with Crippen molar-refractivity contribution in [3.05, 3.63) is 59.9 Å².